The summed E-state index contributed by atoms with van der Waals surface area (Å²) in [6, 6.07) is 8.96. The van der Waals surface area contributed by atoms with Crippen molar-refractivity contribution in [1.29, 1.82) is 0 Å². The van der Waals surface area contributed by atoms with E-state index in [1.165, 1.54) is 23.1 Å². The van der Waals surface area contributed by atoms with Crippen LogP contribution in [0.4, 0.5) is 5.82 Å². The summed E-state index contributed by atoms with van der Waals surface area (Å²) < 4.78 is 5.82. The van der Waals surface area contributed by atoms with E-state index in [-0.39, 0.29) is 6.04 Å². The number of nitrogens with one attached hydrogen (secondary N) is 1. The maximum Gasteiger partial charge on any atom is 0.157 e. The number of pyridine rings is 1. The van der Waals surface area contributed by atoms with Gasteiger partial charge in [-0.25, -0.2) is 0 Å². The van der Waals surface area contributed by atoms with E-state index in [0.29, 0.717) is 18.1 Å². The average molecular weight is 389 g/mol. The molecule has 1 saturated carbocycles. The highest BCUT2D eigenvalue weighted by molar-refractivity contribution is 5.92. The number of ether oxygens (including phenoxy) is 1. The molecule has 0 spiro atoms. The van der Waals surface area contributed by atoms with Gasteiger partial charge in [0.05, 0.1) is 23.9 Å². The molecule has 2 bridgehead atoms. The third-order valence-corrected chi connectivity index (χ3v) is 6.54. The van der Waals surface area contributed by atoms with Crippen LogP contribution in [0, 0.1) is 20.8 Å². The summed E-state index contributed by atoms with van der Waals surface area (Å²) in [5.41, 5.74) is 5.93. The predicted molar refractivity (Wildman–Crippen MR) is 115 cm³/mol. The van der Waals surface area contributed by atoms with Gasteiger partial charge in [0.2, 0.25) is 0 Å². The second kappa shape index (κ2) is 7.06. The van der Waals surface area contributed by atoms with Crippen LogP contribution in [-0.4, -0.2) is 27.4 Å². The molecule has 5 nitrogen and oxygen atoms in total. The fraction of sp³-hybridized carbons (Fsp3) is 0.458. The van der Waals surface area contributed by atoms with Crippen LogP contribution in [0.2, 0.25) is 0 Å². The van der Waals surface area contributed by atoms with E-state index in [1.807, 2.05) is 13.1 Å². The number of aryl methyl sites for hydroxylation is 3. The number of nitrogens with zero attached hydrogens (tertiary/aromatic N) is 3. The molecule has 1 N–H and O–H groups in total. The van der Waals surface area contributed by atoms with Crippen LogP contribution in [0.15, 0.2) is 30.5 Å². The topological polar surface area (TPSA) is 59.9 Å². The molecule has 3 aliphatic rings. The first-order valence-corrected chi connectivity index (χ1v) is 10.6. The molecule has 1 aliphatic carbocycles. The Kier molecular flexibility index (Phi) is 4.50. The van der Waals surface area contributed by atoms with Crippen molar-refractivity contribution in [2.75, 3.05) is 5.32 Å². The van der Waals surface area contributed by atoms with Gasteiger partial charge >= 0.3 is 0 Å². The Balaban J connectivity index is 1.49. The van der Waals surface area contributed by atoms with Crippen LogP contribution in [0.3, 0.4) is 0 Å². The summed E-state index contributed by atoms with van der Waals surface area (Å²) in [4.78, 5) is 4.80. The van der Waals surface area contributed by atoms with Gasteiger partial charge in [-0.3, -0.25) is 4.98 Å². The van der Waals surface area contributed by atoms with Crippen LogP contribution in [0.5, 0.6) is 0 Å². The van der Waals surface area contributed by atoms with Crippen LogP contribution in [0.25, 0.3) is 10.8 Å². The lowest BCUT2D eigenvalue weighted by molar-refractivity contribution is -0.162. The number of anilines is 1. The minimum atomic E-state index is 0.142. The van der Waals surface area contributed by atoms with Crippen molar-refractivity contribution in [2.45, 2.75) is 71.1 Å². The monoisotopic (exact) mass is 388 g/mol. The summed E-state index contributed by atoms with van der Waals surface area (Å²) in [7, 11) is 0. The Morgan fingerprint density at radius 1 is 1.00 bits per heavy atom. The molecule has 3 atom stereocenters. The normalized spacial score (nSPS) is 24.2. The van der Waals surface area contributed by atoms with Crippen molar-refractivity contribution in [3.05, 3.63) is 58.5 Å². The smallest absolute Gasteiger partial charge is 0.157 e. The van der Waals surface area contributed by atoms with Crippen LogP contribution in [-0.2, 0) is 4.74 Å². The minimum absolute atomic E-state index is 0.142. The Bertz CT molecular complexity index is 1060. The van der Waals surface area contributed by atoms with Gasteiger partial charge in [-0.1, -0.05) is 23.8 Å². The van der Waals surface area contributed by atoms with Gasteiger partial charge in [0, 0.05) is 28.6 Å². The molecule has 2 saturated heterocycles. The summed E-state index contributed by atoms with van der Waals surface area (Å²) in [6.07, 6.45) is 6.20. The zero-order valence-corrected chi connectivity index (χ0v) is 17.6. The summed E-state index contributed by atoms with van der Waals surface area (Å²) >= 11 is 0. The third-order valence-electron chi connectivity index (χ3n) is 6.54. The van der Waals surface area contributed by atoms with Crippen molar-refractivity contribution in [3.8, 4) is 0 Å². The van der Waals surface area contributed by atoms with Gasteiger partial charge in [0.15, 0.2) is 5.82 Å². The van der Waals surface area contributed by atoms with E-state index in [2.05, 4.69) is 60.6 Å². The molecule has 2 aliphatic heterocycles. The summed E-state index contributed by atoms with van der Waals surface area (Å²) in [6.45, 7) is 8.47. The number of hydrogen-bond donors (Lipinski definition) is 1. The molecule has 6 rings (SSSR count). The van der Waals surface area contributed by atoms with Gasteiger partial charge < -0.3 is 10.1 Å². The lowest BCUT2D eigenvalue weighted by Gasteiger charge is -2.45. The van der Waals surface area contributed by atoms with E-state index < -0.39 is 0 Å². The minimum Gasteiger partial charge on any atom is -0.375 e. The second-order valence-electron chi connectivity index (χ2n) is 8.80. The SMILES string of the molecule is Cc1ccc([C@@H](C)Nc2nnc(C)c3cnc(C4CC5CC(C4)O5)cc23)c(C)c1. The zero-order valence-electron chi connectivity index (χ0n) is 17.6. The van der Waals surface area contributed by atoms with E-state index in [9.17, 15) is 0 Å². The zero-order chi connectivity index (χ0) is 20.1. The Morgan fingerprint density at radius 2 is 1.76 bits per heavy atom. The maximum absolute atomic E-state index is 5.82. The van der Waals surface area contributed by atoms with E-state index in [1.54, 1.807) is 0 Å². The van der Waals surface area contributed by atoms with Crippen LogP contribution >= 0.6 is 0 Å². The largest absolute Gasteiger partial charge is 0.375 e. The number of rotatable bonds is 4. The van der Waals surface area contributed by atoms with Crippen molar-refractivity contribution < 1.29 is 4.74 Å². The lowest BCUT2D eigenvalue weighted by atomic mass is 9.79. The first-order chi connectivity index (χ1) is 14.0. The lowest BCUT2D eigenvalue weighted by Crippen LogP contribution is -2.44. The van der Waals surface area contributed by atoms with E-state index in [4.69, 9.17) is 9.72 Å². The first-order valence-electron chi connectivity index (χ1n) is 10.6. The Hall–Kier alpha value is -2.53. The molecule has 4 heterocycles. The van der Waals surface area contributed by atoms with E-state index in [0.717, 1.165) is 40.8 Å². The molecule has 3 fully saturated rings. The summed E-state index contributed by atoms with van der Waals surface area (Å²) in [5.74, 6) is 1.31. The highest BCUT2D eigenvalue weighted by Gasteiger charge is 2.40. The number of aromatic nitrogens is 3. The molecule has 3 aromatic rings. The molecule has 0 radical (unpaired) electrons. The van der Waals surface area contributed by atoms with Crippen molar-refractivity contribution in [2.24, 2.45) is 0 Å². The van der Waals surface area contributed by atoms with Gasteiger partial charge in [-0.15, -0.1) is 5.10 Å². The molecule has 0 amide bonds. The highest BCUT2D eigenvalue weighted by Crippen LogP contribution is 2.43. The van der Waals surface area contributed by atoms with Gasteiger partial charge in [-0.05, 0) is 64.2 Å². The van der Waals surface area contributed by atoms with Crippen molar-refractivity contribution in [1.82, 2.24) is 15.2 Å². The summed E-state index contributed by atoms with van der Waals surface area (Å²) in [5, 5.41) is 14.7. The molecule has 2 aromatic heterocycles. The molecule has 29 heavy (non-hydrogen) atoms. The Labute approximate surface area is 171 Å². The highest BCUT2D eigenvalue weighted by atomic mass is 16.5. The fourth-order valence-corrected chi connectivity index (χ4v) is 4.94. The van der Waals surface area contributed by atoms with E-state index >= 15 is 0 Å². The predicted octanol–water partition coefficient (Wildman–Crippen LogP) is 5.16. The first kappa shape index (κ1) is 18.5. The Morgan fingerprint density at radius 3 is 2.48 bits per heavy atom. The quantitative estimate of drug-likeness (QED) is 0.669. The van der Waals surface area contributed by atoms with Crippen LogP contribution in [0.1, 0.15) is 66.2 Å². The number of benzene rings is 1. The van der Waals surface area contributed by atoms with Crippen LogP contribution < -0.4 is 5.32 Å². The standard InChI is InChI=1S/C24H28N4O/c1-13-5-6-20(14(2)7-13)15(3)26-24-21-11-23(17-8-18-10-19(9-17)29-18)25-12-22(21)16(4)27-28-24/h5-7,11-12,15,17-19H,8-10H2,1-4H3,(H,26,28)/t15-,17?,18?,19?/m1/s1. The number of hydrogen-bond acceptors (Lipinski definition) is 5. The fourth-order valence-electron chi connectivity index (χ4n) is 4.94. The van der Waals surface area contributed by atoms with Crippen molar-refractivity contribution in [3.63, 3.8) is 0 Å². The molecule has 1 aromatic carbocycles. The van der Waals surface area contributed by atoms with Gasteiger partial charge in [0.25, 0.3) is 0 Å². The van der Waals surface area contributed by atoms with Gasteiger partial charge in [0.1, 0.15) is 0 Å². The van der Waals surface area contributed by atoms with Crippen molar-refractivity contribution >= 4 is 16.6 Å². The molecule has 2 unspecified atom stereocenters. The van der Waals surface area contributed by atoms with Gasteiger partial charge in [-0.2, -0.15) is 5.10 Å². The molecule has 5 heteroatoms. The second-order valence-corrected chi connectivity index (χ2v) is 8.80. The number of fused-ring (bicyclic) bond motifs is 3. The molecular formula is C24H28N4O. The molecule has 150 valence electrons. The third kappa shape index (κ3) is 3.38. The average Bonchev–Trinajstić information content (AvgIpc) is 2.69. The molecular weight excluding hydrogens is 360 g/mol. The maximum atomic E-state index is 5.82.